The summed E-state index contributed by atoms with van der Waals surface area (Å²) < 4.78 is 0. The van der Waals surface area contributed by atoms with E-state index in [-0.39, 0.29) is 0 Å². The summed E-state index contributed by atoms with van der Waals surface area (Å²) in [5.41, 5.74) is 1.12. The maximum atomic E-state index is 10.5. The topological polar surface area (TPSA) is 37.3 Å². The zero-order valence-electron chi connectivity index (χ0n) is 7.95. The van der Waals surface area contributed by atoms with Crippen molar-refractivity contribution < 1.29 is 9.90 Å². The molecule has 0 amide bonds. The molecule has 0 atom stereocenters. The third-order valence-electron chi connectivity index (χ3n) is 1.62. The summed E-state index contributed by atoms with van der Waals surface area (Å²) in [5, 5.41) is 8.63. The van der Waals surface area contributed by atoms with Crippen LogP contribution in [0.1, 0.15) is 13.8 Å². The van der Waals surface area contributed by atoms with Gasteiger partial charge in [0, 0.05) is 5.57 Å². The van der Waals surface area contributed by atoms with Crippen molar-refractivity contribution in [3.8, 4) is 0 Å². The van der Waals surface area contributed by atoms with Gasteiger partial charge in [0.2, 0.25) is 0 Å². The first-order valence-corrected chi connectivity index (χ1v) is 3.96. The molecule has 0 aromatic heterocycles. The molecule has 0 unspecified atom stereocenters. The molecule has 0 aliphatic rings. The number of rotatable bonds is 4. The minimum absolute atomic E-state index is 0.364. The number of aliphatic carboxylic acids is 1. The van der Waals surface area contributed by atoms with Crippen molar-refractivity contribution in [3.63, 3.8) is 0 Å². The number of carbonyl (C=O) groups is 1. The van der Waals surface area contributed by atoms with Crippen molar-refractivity contribution in [1.29, 1.82) is 0 Å². The van der Waals surface area contributed by atoms with Crippen LogP contribution in [0, 0.1) is 0 Å². The summed E-state index contributed by atoms with van der Waals surface area (Å²) in [4.78, 5) is 10.5. The first-order valence-electron chi connectivity index (χ1n) is 3.96. The van der Waals surface area contributed by atoms with Crippen LogP contribution < -0.4 is 0 Å². The lowest BCUT2D eigenvalue weighted by atomic mass is 10.1. The van der Waals surface area contributed by atoms with E-state index in [9.17, 15) is 4.79 Å². The molecule has 0 spiro atoms. The van der Waals surface area contributed by atoms with Gasteiger partial charge in [0.25, 0.3) is 0 Å². The average Bonchev–Trinajstić information content (AvgIpc) is 2.10. The van der Waals surface area contributed by atoms with Crippen molar-refractivity contribution in [2.24, 2.45) is 0 Å². The molecule has 70 valence electrons. The highest BCUT2D eigenvalue weighted by Crippen LogP contribution is 2.04. The summed E-state index contributed by atoms with van der Waals surface area (Å²) in [6.45, 7) is 6.86. The number of carboxylic acids is 1. The van der Waals surface area contributed by atoms with Gasteiger partial charge in [-0.05, 0) is 19.4 Å². The molecule has 0 aromatic carbocycles. The number of allylic oxidation sites excluding steroid dienone is 6. The van der Waals surface area contributed by atoms with Crippen molar-refractivity contribution in [2.75, 3.05) is 0 Å². The van der Waals surface area contributed by atoms with Crippen LogP contribution in [-0.2, 0) is 4.79 Å². The van der Waals surface area contributed by atoms with Crippen LogP contribution >= 0.6 is 0 Å². The van der Waals surface area contributed by atoms with E-state index in [0.717, 1.165) is 5.57 Å². The molecule has 0 aliphatic carbocycles. The smallest absolute Gasteiger partial charge is 0.331 e. The second-order valence-electron chi connectivity index (χ2n) is 2.59. The molecule has 0 rings (SSSR count). The Bertz CT molecular complexity index is 280. The normalized spacial score (nSPS) is 13.4. The van der Waals surface area contributed by atoms with Crippen LogP contribution in [0.5, 0.6) is 0 Å². The molecule has 2 nitrogen and oxygen atoms in total. The first-order chi connectivity index (χ1) is 6.09. The molecule has 0 saturated heterocycles. The lowest BCUT2D eigenvalue weighted by molar-refractivity contribution is -0.132. The van der Waals surface area contributed by atoms with Gasteiger partial charge in [-0.25, -0.2) is 4.79 Å². The van der Waals surface area contributed by atoms with Gasteiger partial charge < -0.3 is 5.11 Å². The van der Waals surface area contributed by atoms with Crippen molar-refractivity contribution >= 4 is 5.97 Å². The van der Waals surface area contributed by atoms with Gasteiger partial charge in [-0.1, -0.05) is 37.0 Å². The summed E-state index contributed by atoms with van der Waals surface area (Å²) >= 11 is 0. The fourth-order valence-corrected chi connectivity index (χ4v) is 0.636. The van der Waals surface area contributed by atoms with E-state index < -0.39 is 5.97 Å². The van der Waals surface area contributed by atoms with Crippen LogP contribution in [0.4, 0.5) is 0 Å². The highest BCUT2D eigenvalue weighted by Gasteiger charge is 2.01. The lowest BCUT2D eigenvalue weighted by Crippen LogP contribution is -1.97. The summed E-state index contributed by atoms with van der Waals surface area (Å²) in [5.74, 6) is -0.880. The van der Waals surface area contributed by atoms with Crippen LogP contribution in [0.3, 0.4) is 0 Å². The van der Waals surface area contributed by atoms with E-state index in [2.05, 4.69) is 6.58 Å². The molecular formula is C11H14O2. The maximum absolute atomic E-state index is 10.5. The molecule has 0 saturated carbocycles. The Morgan fingerprint density at radius 1 is 1.23 bits per heavy atom. The SMILES string of the molecule is C=CC=CC=CC(C)=C(C)C(=O)O. The Hall–Kier alpha value is -1.57. The Balaban J connectivity index is 4.44. The summed E-state index contributed by atoms with van der Waals surface area (Å²) in [7, 11) is 0. The second-order valence-corrected chi connectivity index (χ2v) is 2.59. The minimum Gasteiger partial charge on any atom is -0.478 e. The molecule has 0 radical (unpaired) electrons. The Morgan fingerprint density at radius 2 is 1.85 bits per heavy atom. The zero-order chi connectivity index (χ0) is 10.3. The number of hydrogen-bond acceptors (Lipinski definition) is 1. The lowest BCUT2D eigenvalue weighted by Gasteiger charge is -1.95. The van der Waals surface area contributed by atoms with Crippen LogP contribution in [0.2, 0.25) is 0 Å². The molecule has 13 heavy (non-hydrogen) atoms. The molecule has 0 heterocycles. The molecule has 2 heteroatoms. The molecule has 0 aromatic rings. The molecule has 1 N–H and O–H groups in total. The fraction of sp³-hybridized carbons (Fsp3) is 0.182. The fourth-order valence-electron chi connectivity index (χ4n) is 0.636. The summed E-state index contributed by atoms with van der Waals surface area (Å²) in [6, 6.07) is 0. The molecule has 0 bridgehead atoms. The third-order valence-corrected chi connectivity index (χ3v) is 1.62. The van der Waals surface area contributed by atoms with Gasteiger partial charge in [0.05, 0.1) is 0 Å². The monoisotopic (exact) mass is 178 g/mol. The first kappa shape index (κ1) is 11.4. The standard InChI is InChI=1S/C11H14O2/c1-4-5-6-7-8-9(2)10(3)11(12)13/h4-8H,1H2,2-3H3,(H,12,13). The predicted molar refractivity (Wildman–Crippen MR) is 54.5 cm³/mol. The Morgan fingerprint density at radius 3 is 2.31 bits per heavy atom. The highest BCUT2D eigenvalue weighted by molar-refractivity contribution is 5.87. The van der Waals surface area contributed by atoms with Gasteiger partial charge >= 0.3 is 5.97 Å². The van der Waals surface area contributed by atoms with Crippen LogP contribution in [0.15, 0.2) is 48.1 Å². The van der Waals surface area contributed by atoms with E-state index in [1.54, 1.807) is 44.2 Å². The van der Waals surface area contributed by atoms with Crippen LogP contribution in [-0.4, -0.2) is 11.1 Å². The van der Waals surface area contributed by atoms with E-state index in [0.29, 0.717) is 5.57 Å². The van der Waals surface area contributed by atoms with Gasteiger partial charge in [0.1, 0.15) is 0 Å². The largest absolute Gasteiger partial charge is 0.478 e. The quantitative estimate of drug-likeness (QED) is 0.531. The van der Waals surface area contributed by atoms with Gasteiger partial charge in [0.15, 0.2) is 0 Å². The average molecular weight is 178 g/mol. The highest BCUT2D eigenvalue weighted by atomic mass is 16.4. The van der Waals surface area contributed by atoms with Gasteiger partial charge in [-0.3, -0.25) is 0 Å². The second kappa shape index (κ2) is 6.00. The molecular weight excluding hydrogens is 164 g/mol. The minimum atomic E-state index is -0.880. The molecule has 0 fully saturated rings. The maximum Gasteiger partial charge on any atom is 0.331 e. The van der Waals surface area contributed by atoms with E-state index >= 15 is 0 Å². The number of carboxylic acid groups (broad SMARTS) is 1. The van der Waals surface area contributed by atoms with Crippen molar-refractivity contribution in [1.82, 2.24) is 0 Å². The Labute approximate surface area is 78.6 Å². The molecule has 0 aliphatic heterocycles. The van der Waals surface area contributed by atoms with Gasteiger partial charge in [-0.15, -0.1) is 0 Å². The van der Waals surface area contributed by atoms with E-state index in [4.69, 9.17) is 5.11 Å². The van der Waals surface area contributed by atoms with E-state index in [1.165, 1.54) is 0 Å². The van der Waals surface area contributed by atoms with Crippen molar-refractivity contribution in [2.45, 2.75) is 13.8 Å². The predicted octanol–water partition coefficient (Wildman–Crippen LogP) is 2.71. The number of hydrogen-bond donors (Lipinski definition) is 1. The zero-order valence-corrected chi connectivity index (χ0v) is 7.95. The van der Waals surface area contributed by atoms with Crippen molar-refractivity contribution in [3.05, 3.63) is 48.1 Å². The van der Waals surface area contributed by atoms with E-state index in [1.807, 2.05) is 0 Å². The summed E-state index contributed by atoms with van der Waals surface area (Å²) in [6.07, 6.45) is 8.77. The van der Waals surface area contributed by atoms with Gasteiger partial charge in [-0.2, -0.15) is 0 Å². The Kier molecular flexibility index (Phi) is 5.28. The third kappa shape index (κ3) is 4.80. The van der Waals surface area contributed by atoms with Crippen LogP contribution in [0.25, 0.3) is 0 Å².